The summed E-state index contributed by atoms with van der Waals surface area (Å²) in [4.78, 5) is 14.3. The number of carbonyl (C=O) groups excluding carboxylic acids is 1. The molecule has 0 unspecified atom stereocenters. The molecule has 6 nitrogen and oxygen atoms in total. The Bertz CT molecular complexity index is 1150. The highest BCUT2D eigenvalue weighted by Crippen LogP contribution is 2.53. The van der Waals surface area contributed by atoms with Crippen molar-refractivity contribution >= 4 is 33.1 Å². The number of sulfonamides is 1. The number of benzene rings is 2. The highest BCUT2D eigenvalue weighted by Gasteiger charge is 2.51. The van der Waals surface area contributed by atoms with Gasteiger partial charge in [0, 0.05) is 29.6 Å². The molecule has 9 heteroatoms. The molecule has 0 aromatic heterocycles. The molecule has 0 amide bonds. The Morgan fingerprint density at radius 1 is 1.23 bits per heavy atom. The highest BCUT2D eigenvalue weighted by molar-refractivity contribution is 7.92. The van der Waals surface area contributed by atoms with Crippen molar-refractivity contribution in [1.29, 1.82) is 0 Å². The predicted molar refractivity (Wildman–Crippen MR) is 117 cm³/mol. The van der Waals surface area contributed by atoms with Crippen LogP contribution in [-0.2, 0) is 26.7 Å². The molecule has 2 aliphatic rings. The van der Waals surface area contributed by atoms with Crippen molar-refractivity contribution in [3.05, 3.63) is 52.3 Å². The number of rotatable bonds is 7. The van der Waals surface area contributed by atoms with Crippen LogP contribution >= 0.6 is 11.6 Å². The zero-order valence-electron chi connectivity index (χ0n) is 17.4. The quantitative estimate of drug-likeness (QED) is 0.672. The molecule has 0 radical (unpaired) electrons. The number of nitrogens with zero attached hydrogens (tertiary/aromatic N) is 1. The number of hydrogen-bond donors (Lipinski definition) is 1. The normalized spacial score (nSPS) is 17.0. The molecule has 1 saturated carbocycles. The maximum Gasteiger partial charge on any atom is 0.264 e. The van der Waals surface area contributed by atoms with Crippen LogP contribution in [0.1, 0.15) is 30.4 Å². The van der Waals surface area contributed by atoms with Gasteiger partial charge in [-0.2, -0.15) is 0 Å². The molecule has 1 fully saturated rings. The summed E-state index contributed by atoms with van der Waals surface area (Å²) in [5.41, 5.74) is 1.33. The summed E-state index contributed by atoms with van der Waals surface area (Å²) in [6.45, 7) is 1.06. The number of likely N-dealkylation sites (N-methyl/N-ethyl adjacent to an activating group) is 1. The van der Waals surface area contributed by atoms with Gasteiger partial charge in [0.25, 0.3) is 10.0 Å². The van der Waals surface area contributed by atoms with Crippen molar-refractivity contribution in [2.45, 2.75) is 36.0 Å². The van der Waals surface area contributed by atoms with Crippen molar-refractivity contribution in [1.82, 2.24) is 4.90 Å². The number of fused-ring (bicyclic) bond motifs is 2. The van der Waals surface area contributed by atoms with Gasteiger partial charge in [-0.05, 0) is 56.8 Å². The standard InChI is InChI=1S/C22H24ClFN2O4S/c1-26(2)8-9-30-19-12-15(11-17-16(19)13-21(27)22(17)6-3-7-22)25-31(28,29)20-5-4-14(23)10-18(20)24/h4-5,10-12,25H,3,6-9,13H2,1-2H3. The summed E-state index contributed by atoms with van der Waals surface area (Å²) in [7, 11) is -0.356. The fourth-order valence-corrected chi connectivity index (χ4v) is 5.50. The van der Waals surface area contributed by atoms with Crippen LogP contribution in [0.15, 0.2) is 35.2 Å². The van der Waals surface area contributed by atoms with E-state index in [0.29, 0.717) is 18.9 Å². The van der Waals surface area contributed by atoms with Crippen LogP contribution in [0.5, 0.6) is 5.75 Å². The third-order valence-electron chi connectivity index (χ3n) is 6.03. The molecule has 1 spiro atoms. The van der Waals surface area contributed by atoms with Gasteiger partial charge in [-0.1, -0.05) is 18.0 Å². The smallest absolute Gasteiger partial charge is 0.264 e. The largest absolute Gasteiger partial charge is 0.492 e. The maximum atomic E-state index is 14.3. The molecule has 0 heterocycles. The fraction of sp³-hybridized carbons (Fsp3) is 0.409. The first-order valence-electron chi connectivity index (χ1n) is 10.1. The third-order valence-corrected chi connectivity index (χ3v) is 7.68. The summed E-state index contributed by atoms with van der Waals surface area (Å²) in [5.74, 6) is -0.296. The Kier molecular flexibility index (Phi) is 5.74. The summed E-state index contributed by atoms with van der Waals surface area (Å²) >= 11 is 5.74. The first-order valence-corrected chi connectivity index (χ1v) is 11.9. The van der Waals surface area contributed by atoms with Crippen molar-refractivity contribution in [3.63, 3.8) is 0 Å². The minimum Gasteiger partial charge on any atom is -0.492 e. The maximum absolute atomic E-state index is 14.3. The second-order valence-corrected chi connectivity index (χ2v) is 10.5. The summed E-state index contributed by atoms with van der Waals surface area (Å²) in [6.07, 6.45) is 2.73. The molecule has 0 saturated heterocycles. The average Bonchev–Trinajstić information content (AvgIpc) is 2.92. The number of nitrogens with one attached hydrogen (secondary N) is 1. The molecule has 0 atom stereocenters. The Balaban J connectivity index is 1.72. The molecule has 0 aliphatic heterocycles. The van der Waals surface area contributed by atoms with Gasteiger partial charge in [-0.3, -0.25) is 9.52 Å². The molecular formula is C22H24ClFN2O4S. The van der Waals surface area contributed by atoms with Gasteiger partial charge in [0.1, 0.15) is 28.9 Å². The van der Waals surface area contributed by atoms with Gasteiger partial charge in [0.05, 0.1) is 11.1 Å². The van der Waals surface area contributed by atoms with Gasteiger partial charge < -0.3 is 9.64 Å². The van der Waals surface area contributed by atoms with Gasteiger partial charge in [0.15, 0.2) is 0 Å². The molecule has 4 rings (SSSR count). The van der Waals surface area contributed by atoms with Crippen LogP contribution in [0, 0.1) is 5.82 Å². The van der Waals surface area contributed by atoms with E-state index in [4.69, 9.17) is 16.3 Å². The van der Waals surface area contributed by atoms with Crippen molar-refractivity contribution in [2.24, 2.45) is 0 Å². The van der Waals surface area contributed by atoms with E-state index in [9.17, 15) is 17.6 Å². The Labute approximate surface area is 186 Å². The van der Waals surface area contributed by atoms with Crippen molar-refractivity contribution in [3.8, 4) is 5.75 Å². The molecule has 2 aromatic carbocycles. The number of anilines is 1. The van der Waals surface area contributed by atoms with Crippen LogP contribution in [0.3, 0.4) is 0 Å². The minimum absolute atomic E-state index is 0.107. The molecule has 0 bridgehead atoms. The average molecular weight is 467 g/mol. The highest BCUT2D eigenvalue weighted by atomic mass is 35.5. The van der Waals surface area contributed by atoms with E-state index in [-0.39, 0.29) is 22.9 Å². The predicted octanol–water partition coefficient (Wildman–Crippen LogP) is 3.77. The summed E-state index contributed by atoms with van der Waals surface area (Å²) < 4.78 is 48.4. The van der Waals surface area contributed by atoms with Crippen molar-refractivity contribution < 1.29 is 22.3 Å². The second-order valence-electron chi connectivity index (χ2n) is 8.37. The van der Waals surface area contributed by atoms with E-state index in [0.717, 1.165) is 42.5 Å². The third kappa shape index (κ3) is 4.04. The fourth-order valence-electron chi connectivity index (χ4n) is 4.24. The molecule has 31 heavy (non-hydrogen) atoms. The van der Waals surface area contributed by atoms with E-state index >= 15 is 0 Å². The monoisotopic (exact) mass is 466 g/mol. The first kappa shape index (κ1) is 22.0. The number of carbonyl (C=O) groups is 1. The lowest BCUT2D eigenvalue weighted by Gasteiger charge is -2.37. The van der Waals surface area contributed by atoms with E-state index in [1.807, 2.05) is 19.0 Å². The molecule has 1 N–H and O–H groups in total. The lowest BCUT2D eigenvalue weighted by atomic mass is 9.64. The number of Topliss-reactive ketones (excluding diaryl/α,β-unsaturated/α-hetero) is 1. The van der Waals surface area contributed by atoms with E-state index < -0.39 is 26.2 Å². The van der Waals surface area contributed by atoms with E-state index in [2.05, 4.69) is 4.72 Å². The van der Waals surface area contributed by atoms with Crippen LogP contribution in [0.25, 0.3) is 0 Å². The van der Waals surface area contributed by atoms with Crippen LogP contribution in [-0.4, -0.2) is 46.3 Å². The lowest BCUT2D eigenvalue weighted by molar-refractivity contribution is -0.125. The van der Waals surface area contributed by atoms with Gasteiger partial charge in [-0.25, -0.2) is 12.8 Å². The molecule has 2 aromatic rings. The molecule has 2 aliphatic carbocycles. The Hall–Kier alpha value is -2.16. The number of halogens is 2. The Morgan fingerprint density at radius 2 is 1.97 bits per heavy atom. The molecule has 166 valence electrons. The summed E-state index contributed by atoms with van der Waals surface area (Å²) in [5, 5.41) is 0.107. The Morgan fingerprint density at radius 3 is 2.58 bits per heavy atom. The lowest BCUT2D eigenvalue weighted by Crippen LogP contribution is -2.39. The van der Waals surface area contributed by atoms with Crippen LogP contribution in [0.4, 0.5) is 10.1 Å². The second kappa shape index (κ2) is 8.07. The van der Waals surface area contributed by atoms with Crippen LogP contribution in [0.2, 0.25) is 5.02 Å². The first-order chi connectivity index (χ1) is 14.6. The van der Waals surface area contributed by atoms with Gasteiger partial charge in [-0.15, -0.1) is 0 Å². The number of ether oxygens (including phenoxy) is 1. The summed E-state index contributed by atoms with van der Waals surface area (Å²) in [6, 6.07) is 6.67. The van der Waals surface area contributed by atoms with Gasteiger partial charge in [0.2, 0.25) is 0 Å². The number of ketones is 1. The van der Waals surface area contributed by atoms with Crippen LogP contribution < -0.4 is 9.46 Å². The number of hydrogen-bond acceptors (Lipinski definition) is 5. The van der Waals surface area contributed by atoms with E-state index in [1.54, 1.807) is 12.1 Å². The zero-order chi connectivity index (χ0) is 22.4. The van der Waals surface area contributed by atoms with Gasteiger partial charge >= 0.3 is 0 Å². The SMILES string of the molecule is CN(C)CCOc1cc(NS(=O)(=O)c2ccc(Cl)cc2F)cc2c1CC(=O)C21CCC1. The minimum atomic E-state index is -4.20. The van der Waals surface area contributed by atoms with E-state index in [1.165, 1.54) is 6.07 Å². The topological polar surface area (TPSA) is 75.7 Å². The zero-order valence-corrected chi connectivity index (χ0v) is 18.9. The van der Waals surface area contributed by atoms with Crippen molar-refractivity contribution in [2.75, 3.05) is 32.0 Å². The molecular weight excluding hydrogens is 443 g/mol.